The fraction of sp³-hybridized carbons (Fsp3) is 0.611. The number of carbonyl (C=O) groups is 1. The lowest BCUT2D eigenvalue weighted by atomic mass is 10.1. The lowest BCUT2D eigenvalue weighted by molar-refractivity contribution is -0.116. The molecule has 0 aromatic heterocycles. The van der Waals surface area contributed by atoms with Gasteiger partial charge in [-0.3, -0.25) is 9.35 Å². The summed E-state index contributed by atoms with van der Waals surface area (Å²) in [7, 11) is -4.34. The quantitative estimate of drug-likeness (QED) is 0.417. The van der Waals surface area contributed by atoms with E-state index in [9.17, 15) is 13.2 Å². The summed E-state index contributed by atoms with van der Waals surface area (Å²) in [4.78, 5) is 11.6. The highest BCUT2D eigenvalue weighted by Gasteiger charge is 2.16. The number of hydrogen-bond donors (Lipinski definition) is 2. The van der Waals surface area contributed by atoms with E-state index < -0.39 is 10.1 Å². The first-order valence-corrected chi connectivity index (χ1v) is 10.3. The minimum Gasteiger partial charge on any atom is -0.325 e. The molecule has 1 aromatic rings. The Kier molecular flexibility index (Phi) is 9.64. The van der Waals surface area contributed by atoms with E-state index in [0.29, 0.717) is 6.42 Å². The number of anilines is 1. The summed E-state index contributed by atoms with van der Waals surface area (Å²) in [5.41, 5.74) is 0.126. The van der Waals surface area contributed by atoms with Crippen molar-refractivity contribution < 1.29 is 17.8 Å². The van der Waals surface area contributed by atoms with E-state index in [0.717, 1.165) is 19.3 Å². The molecule has 0 saturated heterocycles. The molecule has 1 rings (SSSR count). The van der Waals surface area contributed by atoms with Crippen molar-refractivity contribution in [1.82, 2.24) is 0 Å². The van der Waals surface area contributed by atoms with E-state index in [2.05, 4.69) is 12.2 Å². The van der Waals surface area contributed by atoms with E-state index in [4.69, 9.17) is 4.55 Å². The van der Waals surface area contributed by atoms with Gasteiger partial charge in [-0.15, -0.1) is 0 Å². The standard InChI is InChI=1S/C18H29NO4S/c1-2-3-4-5-6-7-8-9-10-15-18(20)19-16-13-11-12-14-17(16)24(21,22)23/h11-14H,2-10,15H2,1H3,(H,19,20)(H,21,22,23). The van der Waals surface area contributed by atoms with Crippen molar-refractivity contribution in [2.45, 2.75) is 76.0 Å². The second-order valence-electron chi connectivity index (χ2n) is 6.10. The number of rotatable bonds is 12. The third-order valence-corrected chi connectivity index (χ3v) is 4.86. The molecule has 136 valence electrons. The zero-order chi connectivity index (χ0) is 17.8. The van der Waals surface area contributed by atoms with Gasteiger partial charge in [-0.1, -0.05) is 70.4 Å². The smallest absolute Gasteiger partial charge is 0.296 e. The molecule has 0 aliphatic rings. The molecule has 0 spiro atoms. The minimum absolute atomic E-state index is 0.126. The average molecular weight is 356 g/mol. The number of carbonyl (C=O) groups excluding carboxylic acids is 1. The summed E-state index contributed by atoms with van der Waals surface area (Å²) < 4.78 is 31.7. The topological polar surface area (TPSA) is 83.5 Å². The molecule has 2 N–H and O–H groups in total. The third-order valence-electron chi connectivity index (χ3n) is 3.95. The maximum Gasteiger partial charge on any atom is 0.296 e. The molecule has 5 nitrogen and oxygen atoms in total. The van der Waals surface area contributed by atoms with Crippen LogP contribution in [0.4, 0.5) is 5.69 Å². The third kappa shape index (κ3) is 8.45. The van der Waals surface area contributed by atoms with Crippen molar-refractivity contribution >= 4 is 21.7 Å². The first kappa shape index (κ1) is 20.6. The molecular weight excluding hydrogens is 326 g/mol. The highest BCUT2D eigenvalue weighted by molar-refractivity contribution is 7.86. The number of nitrogens with one attached hydrogen (secondary N) is 1. The molecule has 24 heavy (non-hydrogen) atoms. The molecule has 0 unspecified atom stereocenters. The van der Waals surface area contributed by atoms with E-state index in [-0.39, 0.29) is 16.5 Å². The van der Waals surface area contributed by atoms with Crippen LogP contribution in [0.2, 0.25) is 0 Å². The maximum atomic E-state index is 11.9. The molecule has 0 aliphatic heterocycles. The first-order valence-electron chi connectivity index (χ1n) is 8.81. The Balaban J connectivity index is 2.24. The van der Waals surface area contributed by atoms with Gasteiger partial charge in [-0.05, 0) is 18.6 Å². The molecular formula is C18H29NO4S. The maximum absolute atomic E-state index is 11.9. The van der Waals surface area contributed by atoms with Crippen LogP contribution in [0.5, 0.6) is 0 Å². The number of amides is 1. The minimum atomic E-state index is -4.34. The van der Waals surface area contributed by atoms with Crippen molar-refractivity contribution in [3.63, 3.8) is 0 Å². The molecule has 1 aromatic carbocycles. The molecule has 0 radical (unpaired) electrons. The van der Waals surface area contributed by atoms with Gasteiger partial charge >= 0.3 is 0 Å². The van der Waals surface area contributed by atoms with Gasteiger partial charge in [-0.2, -0.15) is 8.42 Å². The Morgan fingerprint density at radius 2 is 1.50 bits per heavy atom. The number of benzene rings is 1. The van der Waals surface area contributed by atoms with Gasteiger partial charge in [0.1, 0.15) is 4.90 Å². The van der Waals surface area contributed by atoms with E-state index in [1.165, 1.54) is 56.7 Å². The lowest BCUT2D eigenvalue weighted by Gasteiger charge is -2.09. The number of unbranched alkanes of at least 4 members (excludes halogenated alkanes) is 8. The molecule has 0 fully saturated rings. The summed E-state index contributed by atoms with van der Waals surface area (Å²) >= 11 is 0. The SMILES string of the molecule is CCCCCCCCCCCC(=O)Nc1ccccc1S(=O)(=O)O. The van der Waals surface area contributed by atoms with Crippen LogP contribution in [0.1, 0.15) is 71.1 Å². The Morgan fingerprint density at radius 1 is 0.958 bits per heavy atom. The van der Waals surface area contributed by atoms with Crippen molar-refractivity contribution in [2.24, 2.45) is 0 Å². The van der Waals surface area contributed by atoms with Gasteiger partial charge in [0.25, 0.3) is 10.1 Å². The fourth-order valence-corrected chi connectivity index (χ4v) is 3.25. The van der Waals surface area contributed by atoms with Crippen LogP contribution in [0.15, 0.2) is 29.2 Å². The van der Waals surface area contributed by atoms with Gasteiger partial charge in [0.2, 0.25) is 5.91 Å². The predicted octanol–water partition coefficient (Wildman–Crippen LogP) is 4.79. The molecule has 0 atom stereocenters. The van der Waals surface area contributed by atoms with Gasteiger partial charge in [-0.25, -0.2) is 0 Å². The van der Waals surface area contributed by atoms with Gasteiger partial charge in [0.05, 0.1) is 5.69 Å². The van der Waals surface area contributed by atoms with Crippen LogP contribution < -0.4 is 5.32 Å². The Labute approximate surface area is 145 Å². The van der Waals surface area contributed by atoms with Crippen LogP contribution in [-0.2, 0) is 14.9 Å². The highest BCUT2D eigenvalue weighted by atomic mass is 32.2. The lowest BCUT2D eigenvalue weighted by Crippen LogP contribution is -2.14. The molecule has 0 bridgehead atoms. The molecule has 1 amide bonds. The molecule has 0 saturated carbocycles. The summed E-state index contributed by atoms with van der Waals surface area (Å²) in [5.74, 6) is -0.228. The van der Waals surface area contributed by atoms with Crippen molar-refractivity contribution in [1.29, 1.82) is 0 Å². The summed E-state index contributed by atoms with van der Waals surface area (Å²) in [6.07, 6.45) is 10.9. The zero-order valence-electron chi connectivity index (χ0n) is 14.5. The van der Waals surface area contributed by atoms with Crippen LogP contribution in [0.25, 0.3) is 0 Å². The largest absolute Gasteiger partial charge is 0.325 e. The van der Waals surface area contributed by atoms with Gasteiger partial charge in [0.15, 0.2) is 0 Å². The van der Waals surface area contributed by atoms with E-state index >= 15 is 0 Å². The van der Waals surface area contributed by atoms with Crippen molar-refractivity contribution in [3.05, 3.63) is 24.3 Å². The predicted molar refractivity (Wildman–Crippen MR) is 96.7 cm³/mol. The molecule has 0 heterocycles. The Bertz CT molecular complexity index is 599. The van der Waals surface area contributed by atoms with Crippen LogP contribution >= 0.6 is 0 Å². The van der Waals surface area contributed by atoms with Crippen LogP contribution in [0, 0.1) is 0 Å². The summed E-state index contributed by atoms with van der Waals surface area (Å²) in [5, 5.41) is 2.56. The Morgan fingerprint density at radius 3 is 2.08 bits per heavy atom. The number of hydrogen-bond acceptors (Lipinski definition) is 3. The first-order chi connectivity index (χ1) is 11.4. The van der Waals surface area contributed by atoms with E-state index in [1.54, 1.807) is 6.07 Å². The second kappa shape index (κ2) is 11.2. The molecule has 0 aliphatic carbocycles. The number of para-hydroxylation sites is 1. The van der Waals surface area contributed by atoms with Gasteiger partial charge in [0, 0.05) is 6.42 Å². The normalized spacial score (nSPS) is 11.4. The van der Waals surface area contributed by atoms with Crippen LogP contribution in [0.3, 0.4) is 0 Å². The van der Waals surface area contributed by atoms with Crippen LogP contribution in [-0.4, -0.2) is 18.9 Å². The summed E-state index contributed by atoms with van der Waals surface area (Å²) in [6, 6.07) is 5.85. The average Bonchev–Trinajstić information content (AvgIpc) is 2.53. The summed E-state index contributed by atoms with van der Waals surface area (Å²) in [6.45, 7) is 2.21. The molecule has 6 heteroatoms. The monoisotopic (exact) mass is 355 g/mol. The zero-order valence-corrected chi connectivity index (χ0v) is 15.3. The highest BCUT2D eigenvalue weighted by Crippen LogP contribution is 2.20. The fourth-order valence-electron chi connectivity index (χ4n) is 2.60. The Hall–Kier alpha value is -1.40. The second-order valence-corrected chi connectivity index (χ2v) is 7.49. The van der Waals surface area contributed by atoms with Crippen molar-refractivity contribution in [2.75, 3.05) is 5.32 Å². The van der Waals surface area contributed by atoms with Crippen molar-refractivity contribution in [3.8, 4) is 0 Å². The van der Waals surface area contributed by atoms with Gasteiger partial charge < -0.3 is 5.32 Å². The van der Waals surface area contributed by atoms with E-state index in [1.807, 2.05) is 0 Å².